The maximum atomic E-state index is 10.6. The van der Waals surface area contributed by atoms with E-state index in [0.29, 0.717) is 0 Å². The fraction of sp³-hybridized carbons (Fsp3) is 0.667. The van der Waals surface area contributed by atoms with E-state index in [1.807, 2.05) is 12.1 Å². The van der Waals surface area contributed by atoms with Gasteiger partial charge in [-0.2, -0.15) is 0 Å². The highest BCUT2D eigenvalue weighted by Gasteiger charge is 2.09. The monoisotopic (exact) mass is 296 g/mol. The molecule has 0 unspecified atom stereocenters. The van der Waals surface area contributed by atoms with Crippen molar-refractivity contribution in [1.29, 1.82) is 0 Å². The molecule has 1 saturated heterocycles. The normalized spacial score (nSPS) is 16.4. The number of carboxylic acid groups (broad SMARTS) is 1. The van der Waals surface area contributed by atoms with Crippen LogP contribution < -0.4 is 5.32 Å². The minimum Gasteiger partial charge on any atom is -0.481 e. The van der Waals surface area contributed by atoms with E-state index in [9.17, 15) is 4.79 Å². The lowest BCUT2D eigenvalue weighted by atomic mass is 10.1. The van der Waals surface area contributed by atoms with E-state index in [4.69, 9.17) is 5.11 Å². The first-order valence-corrected chi connectivity index (χ1v) is 8.28. The second-order valence-electron chi connectivity index (χ2n) is 5.37. The Morgan fingerprint density at radius 1 is 1.25 bits per heavy atom. The number of likely N-dealkylation sites (tertiary alicyclic amines) is 1. The summed E-state index contributed by atoms with van der Waals surface area (Å²) >= 11 is 1.59. The highest BCUT2D eigenvalue weighted by atomic mass is 32.1. The maximum absolute atomic E-state index is 10.6. The van der Waals surface area contributed by atoms with Crippen LogP contribution in [0.1, 0.15) is 35.4 Å². The summed E-state index contributed by atoms with van der Waals surface area (Å²) in [4.78, 5) is 15.3. The quantitative estimate of drug-likeness (QED) is 0.723. The molecule has 0 saturated carbocycles. The Hall–Kier alpha value is -0.910. The Bertz CT molecular complexity index is 414. The van der Waals surface area contributed by atoms with Gasteiger partial charge < -0.3 is 15.3 Å². The number of carbonyl (C=O) groups is 1. The standard InChI is InChI=1S/C15H24N2O2S/c18-15(19)11-13-5-6-14(20-13)12-16-7-4-10-17-8-2-1-3-9-17/h5-6,16H,1-4,7-12H2,(H,18,19). The lowest BCUT2D eigenvalue weighted by molar-refractivity contribution is -0.136. The van der Waals surface area contributed by atoms with E-state index in [0.717, 1.165) is 18.0 Å². The van der Waals surface area contributed by atoms with Gasteiger partial charge in [-0.1, -0.05) is 6.42 Å². The largest absolute Gasteiger partial charge is 0.481 e. The van der Waals surface area contributed by atoms with E-state index < -0.39 is 5.97 Å². The lowest BCUT2D eigenvalue weighted by Crippen LogP contribution is -2.32. The molecule has 20 heavy (non-hydrogen) atoms. The van der Waals surface area contributed by atoms with Crippen LogP contribution in [0.2, 0.25) is 0 Å². The third-order valence-corrected chi connectivity index (χ3v) is 4.70. The van der Waals surface area contributed by atoms with Crippen LogP contribution in [-0.2, 0) is 17.8 Å². The van der Waals surface area contributed by atoms with Crippen LogP contribution in [0.15, 0.2) is 12.1 Å². The molecule has 2 heterocycles. The molecule has 4 nitrogen and oxygen atoms in total. The van der Waals surface area contributed by atoms with Gasteiger partial charge in [0.1, 0.15) is 0 Å². The number of hydrogen-bond donors (Lipinski definition) is 2. The molecule has 1 aromatic rings. The van der Waals surface area contributed by atoms with Gasteiger partial charge in [0, 0.05) is 16.3 Å². The average molecular weight is 296 g/mol. The molecule has 0 radical (unpaired) electrons. The van der Waals surface area contributed by atoms with E-state index in [-0.39, 0.29) is 6.42 Å². The minimum absolute atomic E-state index is 0.139. The molecule has 0 aliphatic carbocycles. The van der Waals surface area contributed by atoms with Crippen molar-refractivity contribution in [2.24, 2.45) is 0 Å². The number of thiophene rings is 1. The molecular formula is C15H24N2O2S. The summed E-state index contributed by atoms with van der Waals surface area (Å²) in [6, 6.07) is 3.95. The molecule has 2 rings (SSSR count). The number of rotatable bonds is 8. The van der Waals surface area contributed by atoms with E-state index in [2.05, 4.69) is 10.2 Å². The summed E-state index contributed by atoms with van der Waals surface area (Å²) in [6.45, 7) is 5.61. The summed E-state index contributed by atoms with van der Waals surface area (Å²) in [6.07, 6.45) is 5.43. The van der Waals surface area contributed by atoms with Gasteiger partial charge in [-0.3, -0.25) is 4.79 Å². The van der Waals surface area contributed by atoms with Gasteiger partial charge in [-0.25, -0.2) is 0 Å². The molecule has 1 aliphatic rings. The zero-order valence-electron chi connectivity index (χ0n) is 11.9. The third-order valence-electron chi connectivity index (χ3n) is 3.62. The zero-order valence-corrected chi connectivity index (χ0v) is 12.8. The molecule has 0 aromatic carbocycles. The Kier molecular flexibility index (Phi) is 6.50. The van der Waals surface area contributed by atoms with Crippen molar-refractivity contribution >= 4 is 17.3 Å². The van der Waals surface area contributed by atoms with Crippen LogP contribution >= 0.6 is 11.3 Å². The summed E-state index contributed by atoms with van der Waals surface area (Å²) in [5.41, 5.74) is 0. The highest BCUT2D eigenvalue weighted by Crippen LogP contribution is 2.16. The first-order valence-electron chi connectivity index (χ1n) is 7.46. The van der Waals surface area contributed by atoms with Crippen LogP contribution in [0.5, 0.6) is 0 Å². The molecule has 0 atom stereocenters. The first kappa shape index (κ1) is 15.5. The molecule has 1 aromatic heterocycles. The van der Waals surface area contributed by atoms with E-state index >= 15 is 0 Å². The van der Waals surface area contributed by atoms with Crippen LogP contribution in [0.3, 0.4) is 0 Å². The second kappa shape index (κ2) is 8.39. The summed E-state index contributed by atoms with van der Waals surface area (Å²) in [5, 5.41) is 12.2. The van der Waals surface area contributed by atoms with E-state index in [1.165, 1.54) is 50.2 Å². The fourth-order valence-corrected chi connectivity index (χ4v) is 3.56. The van der Waals surface area contributed by atoms with Crippen molar-refractivity contribution in [3.8, 4) is 0 Å². The Balaban J connectivity index is 1.56. The average Bonchev–Trinajstić information content (AvgIpc) is 2.86. The number of nitrogens with zero attached hydrogens (tertiary/aromatic N) is 1. The van der Waals surface area contributed by atoms with Gasteiger partial charge in [-0.15, -0.1) is 11.3 Å². The smallest absolute Gasteiger partial charge is 0.308 e. The summed E-state index contributed by atoms with van der Waals surface area (Å²) < 4.78 is 0. The molecular weight excluding hydrogens is 272 g/mol. The van der Waals surface area contributed by atoms with Crippen molar-refractivity contribution in [3.05, 3.63) is 21.9 Å². The highest BCUT2D eigenvalue weighted by molar-refractivity contribution is 7.12. The Labute approximate surface area is 124 Å². The van der Waals surface area contributed by atoms with Crippen LogP contribution in [0, 0.1) is 0 Å². The van der Waals surface area contributed by atoms with Gasteiger partial charge in [0.15, 0.2) is 0 Å². The summed E-state index contributed by atoms with van der Waals surface area (Å²) in [5.74, 6) is -0.757. The van der Waals surface area contributed by atoms with Gasteiger partial charge >= 0.3 is 5.97 Å². The van der Waals surface area contributed by atoms with Crippen molar-refractivity contribution < 1.29 is 9.90 Å². The molecule has 112 valence electrons. The number of carboxylic acids is 1. The Morgan fingerprint density at radius 2 is 2.00 bits per heavy atom. The van der Waals surface area contributed by atoms with Crippen molar-refractivity contribution in [1.82, 2.24) is 10.2 Å². The predicted octanol–water partition coefficient (Wildman–Crippen LogP) is 2.34. The number of nitrogens with one attached hydrogen (secondary N) is 1. The maximum Gasteiger partial charge on any atom is 0.308 e. The van der Waals surface area contributed by atoms with Crippen molar-refractivity contribution in [2.75, 3.05) is 26.2 Å². The fourth-order valence-electron chi connectivity index (χ4n) is 2.58. The number of hydrogen-bond acceptors (Lipinski definition) is 4. The van der Waals surface area contributed by atoms with Gasteiger partial charge in [-0.05, 0) is 57.6 Å². The Morgan fingerprint density at radius 3 is 2.75 bits per heavy atom. The topological polar surface area (TPSA) is 52.6 Å². The molecule has 1 aliphatic heterocycles. The van der Waals surface area contributed by atoms with Gasteiger partial charge in [0.05, 0.1) is 6.42 Å². The second-order valence-corrected chi connectivity index (χ2v) is 6.62. The van der Waals surface area contributed by atoms with Crippen molar-refractivity contribution in [2.45, 2.75) is 38.6 Å². The molecule has 0 spiro atoms. The molecule has 0 bridgehead atoms. The molecule has 1 fully saturated rings. The van der Waals surface area contributed by atoms with Gasteiger partial charge in [0.2, 0.25) is 0 Å². The predicted molar refractivity (Wildman–Crippen MR) is 82.3 cm³/mol. The van der Waals surface area contributed by atoms with Crippen molar-refractivity contribution in [3.63, 3.8) is 0 Å². The van der Waals surface area contributed by atoms with Crippen LogP contribution in [0.4, 0.5) is 0 Å². The number of piperidine rings is 1. The van der Waals surface area contributed by atoms with E-state index in [1.54, 1.807) is 11.3 Å². The van der Waals surface area contributed by atoms with Crippen LogP contribution in [0.25, 0.3) is 0 Å². The van der Waals surface area contributed by atoms with Crippen LogP contribution in [-0.4, -0.2) is 42.2 Å². The first-order chi connectivity index (χ1) is 9.74. The summed E-state index contributed by atoms with van der Waals surface area (Å²) in [7, 11) is 0. The van der Waals surface area contributed by atoms with Gasteiger partial charge in [0.25, 0.3) is 0 Å². The molecule has 5 heteroatoms. The zero-order chi connectivity index (χ0) is 14.2. The minimum atomic E-state index is -0.757. The molecule has 2 N–H and O–H groups in total. The lowest BCUT2D eigenvalue weighted by Gasteiger charge is -2.26. The third kappa shape index (κ3) is 5.61. The molecule has 0 amide bonds. The number of aliphatic carboxylic acids is 1. The SMILES string of the molecule is O=C(O)Cc1ccc(CNCCCN2CCCCC2)s1.